The van der Waals surface area contributed by atoms with Crippen molar-refractivity contribution < 1.29 is 24.1 Å². The summed E-state index contributed by atoms with van der Waals surface area (Å²) in [4.78, 5) is 38.8. The van der Waals surface area contributed by atoms with E-state index in [1.165, 1.54) is 32.6 Å². The van der Waals surface area contributed by atoms with Crippen molar-refractivity contribution in [3.63, 3.8) is 0 Å². The summed E-state index contributed by atoms with van der Waals surface area (Å²) in [6, 6.07) is 16.2. The number of ether oxygens (including phenoxy) is 3. The number of carboxylic acids is 1. The van der Waals surface area contributed by atoms with E-state index in [1.54, 1.807) is 48.5 Å². The summed E-state index contributed by atoms with van der Waals surface area (Å²) < 4.78 is 17.5. The number of nitrogens with zero attached hydrogens (tertiary/aromatic N) is 2. The highest BCUT2D eigenvalue weighted by Gasteiger charge is 2.15. The molecule has 0 atom stereocenters. The molecule has 10 heteroatoms. The minimum Gasteiger partial charge on any atom is -0.493 e. The van der Waals surface area contributed by atoms with Crippen molar-refractivity contribution in [2.75, 3.05) is 14.2 Å². The van der Waals surface area contributed by atoms with Gasteiger partial charge in [-0.2, -0.15) is 5.10 Å². The zero-order valence-electron chi connectivity index (χ0n) is 18.8. The van der Waals surface area contributed by atoms with Crippen molar-refractivity contribution in [3.05, 3.63) is 98.2 Å². The van der Waals surface area contributed by atoms with Crippen molar-refractivity contribution >= 4 is 23.1 Å². The van der Waals surface area contributed by atoms with E-state index in [1.807, 2.05) is 0 Å². The number of benzene rings is 3. The molecule has 0 amide bonds. The minimum atomic E-state index is -1.03. The van der Waals surface area contributed by atoms with E-state index >= 15 is 0 Å². The number of hydrogen-bond acceptors (Lipinski definition) is 7. The molecular weight excluding hydrogens is 454 g/mol. The smallest absolute Gasteiger partial charge is 0.349 e. The maximum Gasteiger partial charge on any atom is 0.349 e. The van der Waals surface area contributed by atoms with Crippen molar-refractivity contribution in [2.45, 2.75) is 6.61 Å². The van der Waals surface area contributed by atoms with Crippen LogP contribution in [0.15, 0.2) is 75.4 Å². The van der Waals surface area contributed by atoms with E-state index < -0.39 is 17.2 Å². The highest BCUT2D eigenvalue weighted by molar-refractivity contribution is 5.87. The van der Waals surface area contributed by atoms with Gasteiger partial charge in [-0.1, -0.05) is 24.3 Å². The largest absolute Gasteiger partial charge is 0.493 e. The van der Waals surface area contributed by atoms with Gasteiger partial charge in [0.05, 0.1) is 36.9 Å². The third-order valence-corrected chi connectivity index (χ3v) is 5.15. The first-order chi connectivity index (χ1) is 16.9. The zero-order chi connectivity index (χ0) is 24.9. The number of aromatic nitrogens is 2. The molecule has 1 aromatic heterocycles. The highest BCUT2D eigenvalue weighted by atomic mass is 16.5. The SMILES string of the molecule is COc1cc(C=Nn2c(=O)[nH]c3ccccc3c2=O)cc(OC)c1OCc1cccc(C(=O)O)c1. The Kier molecular flexibility index (Phi) is 6.63. The van der Waals surface area contributed by atoms with Gasteiger partial charge in [-0.15, -0.1) is 4.68 Å². The number of methoxy groups -OCH3 is 2. The van der Waals surface area contributed by atoms with Gasteiger partial charge in [0, 0.05) is 5.56 Å². The summed E-state index contributed by atoms with van der Waals surface area (Å²) in [5.41, 5.74) is 0.478. The van der Waals surface area contributed by atoms with E-state index in [4.69, 9.17) is 14.2 Å². The molecule has 4 rings (SSSR count). The highest BCUT2D eigenvalue weighted by Crippen LogP contribution is 2.38. The van der Waals surface area contributed by atoms with Crippen LogP contribution in [0.3, 0.4) is 0 Å². The van der Waals surface area contributed by atoms with E-state index in [-0.39, 0.29) is 12.2 Å². The quantitative estimate of drug-likeness (QED) is 0.375. The van der Waals surface area contributed by atoms with Crippen molar-refractivity contribution in [1.82, 2.24) is 9.66 Å². The van der Waals surface area contributed by atoms with Crippen LogP contribution in [0.25, 0.3) is 10.9 Å². The molecule has 3 aromatic carbocycles. The number of carbonyl (C=O) groups is 1. The predicted octanol–water partition coefficient (Wildman–Crippen LogP) is 2.87. The number of rotatable bonds is 8. The van der Waals surface area contributed by atoms with Gasteiger partial charge in [-0.3, -0.25) is 4.79 Å². The Hall–Kier alpha value is -4.86. The van der Waals surface area contributed by atoms with E-state index in [0.717, 1.165) is 4.68 Å². The second kappa shape index (κ2) is 9.96. The van der Waals surface area contributed by atoms with Gasteiger partial charge >= 0.3 is 11.7 Å². The first-order valence-electron chi connectivity index (χ1n) is 10.4. The van der Waals surface area contributed by atoms with Gasteiger partial charge in [-0.05, 0) is 42.0 Å². The number of carboxylic acid groups (broad SMARTS) is 1. The molecule has 178 valence electrons. The summed E-state index contributed by atoms with van der Waals surface area (Å²) in [7, 11) is 2.90. The first kappa shape index (κ1) is 23.3. The van der Waals surface area contributed by atoms with Crippen LogP contribution in [-0.4, -0.2) is 41.2 Å². The second-order valence-corrected chi connectivity index (χ2v) is 7.39. The summed E-state index contributed by atoms with van der Waals surface area (Å²) in [5, 5.41) is 13.6. The third-order valence-electron chi connectivity index (χ3n) is 5.15. The fraction of sp³-hybridized carbons (Fsp3) is 0.120. The molecule has 10 nitrogen and oxygen atoms in total. The normalized spacial score (nSPS) is 11.0. The lowest BCUT2D eigenvalue weighted by Gasteiger charge is -2.15. The van der Waals surface area contributed by atoms with Crippen LogP contribution >= 0.6 is 0 Å². The second-order valence-electron chi connectivity index (χ2n) is 7.39. The fourth-order valence-corrected chi connectivity index (χ4v) is 3.45. The molecule has 0 bridgehead atoms. The lowest BCUT2D eigenvalue weighted by Crippen LogP contribution is -2.32. The molecule has 1 heterocycles. The summed E-state index contributed by atoms with van der Waals surface area (Å²) in [6.07, 6.45) is 1.33. The Morgan fingerprint density at radius 2 is 1.74 bits per heavy atom. The lowest BCUT2D eigenvalue weighted by atomic mass is 10.1. The number of hydrogen-bond donors (Lipinski definition) is 2. The molecule has 0 spiro atoms. The fourth-order valence-electron chi connectivity index (χ4n) is 3.45. The lowest BCUT2D eigenvalue weighted by molar-refractivity contribution is 0.0696. The zero-order valence-corrected chi connectivity index (χ0v) is 18.8. The standard InChI is InChI=1S/C25H21N3O7/c1-33-20-11-16(13-26-28-23(29)18-8-3-4-9-19(18)27-25(28)32)12-21(34-2)22(20)35-14-15-6-5-7-17(10-15)24(30)31/h3-13H,14H2,1-2H3,(H,27,32)(H,30,31). The summed E-state index contributed by atoms with van der Waals surface area (Å²) in [5.74, 6) is -0.0940. The van der Waals surface area contributed by atoms with Crippen LogP contribution in [0.5, 0.6) is 17.2 Å². The Morgan fingerprint density at radius 3 is 2.43 bits per heavy atom. The van der Waals surface area contributed by atoms with Gasteiger partial charge in [-0.25, -0.2) is 9.59 Å². The monoisotopic (exact) mass is 475 g/mol. The molecule has 0 saturated heterocycles. The molecule has 0 aliphatic rings. The number of fused-ring (bicyclic) bond motifs is 1. The molecule has 0 saturated carbocycles. The molecule has 0 radical (unpaired) electrons. The molecule has 0 aliphatic heterocycles. The number of H-pyrrole nitrogens is 1. The molecule has 35 heavy (non-hydrogen) atoms. The number of para-hydroxylation sites is 1. The van der Waals surface area contributed by atoms with Crippen LogP contribution in [0, 0.1) is 0 Å². The molecule has 0 aliphatic carbocycles. The van der Waals surface area contributed by atoms with Crippen LogP contribution in [0.2, 0.25) is 0 Å². The number of aromatic carboxylic acids is 1. The average molecular weight is 475 g/mol. The minimum absolute atomic E-state index is 0.0726. The number of nitrogens with one attached hydrogen (secondary N) is 1. The van der Waals surface area contributed by atoms with Gasteiger partial charge in [0.2, 0.25) is 5.75 Å². The maximum atomic E-state index is 12.7. The van der Waals surface area contributed by atoms with Crippen molar-refractivity contribution in [2.24, 2.45) is 5.10 Å². The van der Waals surface area contributed by atoms with Gasteiger partial charge < -0.3 is 24.3 Å². The molecule has 0 fully saturated rings. The summed E-state index contributed by atoms with van der Waals surface area (Å²) in [6.45, 7) is 0.0726. The van der Waals surface area contributed by atoms with Crippen molar-refractivity contribution in [1.29, 1.82) is 0 Å². The Labute approximate surface area is 198 Å². The Bertz CT molecular complexity index is 1530. The Balaban J connectivity index is 1.65. The van der Waals surface area contributed by atoms with Crippen LogP contribution in [-0.2, 0) is 6.61 Å². The van der Waals surface area contributed by atoms with Crippen LogP contribution in [0.4, 0.5) is 0 Å². The first-order valence-corrected chi connectivity index (χ1v) is 10.4. The molecular formula is C25H21N3O7. The van der Waals surface area contributed by atoms with Crippen LogP contribution in [0.1, 0.15) is 21.5 Å². The van der Waals surface area contributed by atoms with E-state index in [0.29, 0.717) is 39.3 Å². The van der Waals surface area contributed by atoms with Gasteiger partial charge in [0.25, 0.3) is 5.56 Å². The number of aromatic amines is 1. The maximum absolute atomic E-state index is 12.7. The predicted molar refractivity (Wildman–Crippen MR) is 129 cm³/mol. The molecule has 0 unspecified atom stereocenters. The van der Waals surface area contributed by atoms with Crippen molar-refractivity contribution in [3.8, 4) is 17.2 Å². The van der Waals surface area contributed by atoms with Crippen LogP contribution < -0.4 is 25.5 Å². The average Bonchev–Trinajstić information content (AvgIpc) is 2.87. The third kappa shape index (κ3) is 4.91. The molecule has 2 N–H and O–H groups in total. The Morgan fingerprint density at radius 1 is 1.03 bits per heavy atom. The summed E-state index contributed by atoms with van der Waals surface area (Å²) >= 11 is 0. The van der Waals surface area contributed by atoms with Gasteiger partial charge in [0.1, 0.15) is 6.61 Å². The van der Waals surface area contributed by atoms with E-state index in [9.17, 15) is 19.5 Å². The van der Waals surface area contributed by atoms with E-state index in [2.05, 4.69) is 10.1 Å². The van der Waals surface area contributed by atoms with Gasteiger partial charge in [0.15, 0.2) is 11.5 Å². The molecule has 4 aromatic rings. The topological polar surface area (TPSA) is 132 Å².